The van der Waals surface area contributed by atoms with E-state index in [9.17, 15) is 0 Å². The molecule has 0 amide bonds. The predicted octanol–water partition coefficient (Wildman–Crippen LogP) is 4.52. The molecule has 0 aromatic rings. The van der Waals surface area contributed by atoms with E-state index in [-0.39, 0.29) is 0 Å². The lowest BCUT2D eigenvalue weighted by Crippen LogP contribution is -2.21. The molecule has 0 heteroatoms. The monoisotopic (exact) mass is 194 g/mol. The van der Waals surface area contributed by atoms with Crippen molar-refractivity contribution in [3.05, 3.63) is 12.2 Å². The summed E-state index contributed by atoms with van der Waals surface area (Å²) >= 11 is 0. The van der Waals surface area contributed by atoms with Crippen LogP contribution in [0, 0.1) is 29.6 Å². The number of allylic oxidation sites excluding steroid dienone is 1. The van der Waals surface area contributed by atoms with Crippen molar-refractivity contribution >= 4 is 0 Å². The molecule has 1 fully saturated rings. The van der Waals surface area contributed by atoms with Gasteiger partial charge in [0.15, 0.2) is 0 Å². The molecule has 0 aliphatic heterocycles. The molecule has 82 valence electrons. The molecule has 0 N–H and O–H groups in total. The Labute approximate surface area is 89.8 Å². The molecule has 1 saturated carbocycles. The standard InChI is InChI=1S/C14H26/c1-9(2)7-11(4)14-12(5)8-10(3)13(14)6/h9,11-14H,3,7-8H2,1-2,4-6H3. The quantitative estimate of drug-likeness (QED) is 0.580. The molecule has 0 aromatic heterocycles. The number of hydrogen-bond donors (Lipinski definition) is 0. The van der Waals surface area contributed by atoms with E-state index in [2.05, 4.69) is 41.2 Å². The zero-order valence-electron chi connectivity index (χ0n) is 10.5. The molecule has 0 heterocycles. The van der Waals surface area contributed by atoms with Crippen molar-refractivity contribution in [2.24, 2.45) is 29.6 Å². The molecular weight excluding hydrogens is 168 g/mol. The van der Waals surface area contributed by atoms with Crippen molar-refractivity contribution in [1.82, 2.24) is 0 Å². The fraction of sp³-hybridized carbons (Fsp3) is 0.857. The Hall–Kier alpha value is -0.260. The lowest BCUT2D eigenvalue weighted by atomic mass is 9.77. The predicted molar refractivity (Wildman–Crippen MR) is 64.2 cm³/mol. The van der Waals surface area contributed by atoms with Crippen LogP contribution >= 0.6 is 0 Å². The molecular formula is C14H26. The summed E-state index contributed by atoms with van der Waals surface area (Å²) < 4.78 is 0. The minimum atomic E-state index is 0.749. The first-order valence-electron chi connectivity index (χ1n) is 6.11. The summed E-state index contributed by atoms with van der Waals surface area (Å²) in [5.74, 6) is 4.17. The van der Waals surface area contributed by atoms with E-state index in [1.807, 2.05) is 0 Å². The van der Waals surface area contributed by atoms with Crippen molar-refractivity contribution < 1.29 is 0 Å². The molecule has 1 aliphatic carbocycles. The Morgan fingerprint density at radius 1 is 1.29 bits per heavy atom. The van der Waals surface area contributed by atoms with E-state index >= 15 is 0 Å². The van der Waals surface area contributed by atoms with Gasteiger partial charge in [0.1, 0.15) is 0 Å². The molecule has 4 unspecified atom stereocenters. The first-order chi connectivity index (χ1) is 6.43. The van der Waals surface area contributed by atoms with E-state index in [4.69, 9.17) is 0 Å². The average Bonchev–Trinajstić information content (AvgIpc) is 2.25. The van der Waals surface area contributed by atoms with Gasteiger partial charge in [0.2, 0.25) is 0 Å². The Bertz CT molecular complexity index is 202. The number of hydrogen-bond acceptors (Lipinski definition) is 0. The highest BCUT2D eigenvalue weighted by Crippen LogP contribution is 2.45. The van der Waals surface area contributed by atoms with Crippen molar-refractivity contribution in [3.63, 3.8) is 0 Å². The molecule has 0 bridgehead atoms. The summed E-state index contributed by atoms with van der Waals surface area (Å²) in [6.07, 6.45) is 2.63. The summed E-state index contributed by atoms with van der Waals surface area (Å²) in [5.41, 5.74) is 1.48. The lowest BCUT2D eigenvalue weighted by molar-refractivity contribution is 0.217. The number of rotatable bonds is 3. The highest BCUT2D eigenvalue weighted by Gasteiger charge is 2.36. The van der Waals surface area contributed by atoms with Gasteiger partial charge in [0, 0.05) is 0 Å². The van der Waals surface area contributed by atoms with Crippen LogP contribution in [0.4, 0.5) is 0 Å². The van der Waals surface area contributed by atoms with Crippen molar-refractivity contribution in [3.8, 4) is 0 Å². The smallest absolute Gasteiger partial charge is 0.0201 e. The van der Waals surface area contributed by atoms with E-state index < -0.39 is 0 Å². The maximum absolute atomic E-state index is 4.20. The molecule has 0 aromatic carbocycles. The van der Waals surface area contributed by atoms with Crippen LogP contribution < -0.4 is 0 Å². The van der Waals surface area contributed by atoms with Crippen LogP contribution in [0.15, 0.2) is 12.2 Å². The maximum Gasteiger partial charge on any atom is -0.0201 e. The van der Waals surface area contributed by atoms with Crippen LogP contribution in [0.25, 0.3) is 0 Å². The first kappa shape index (κ1) is 11.8. The van der Waals surface area contributed by atoms with E-state index in [0.717, 1.165) is 29.6 Å². The third-order valence-corrected chi connectivity index (χ3v) is 3.96. The summed E-state index contributed by atoms with van der Waals surface area (Å²) in [4.78, 5) is 0. The van der Waals surface area contributed by atoms with Gasteiger partial charge in [0.05, 0.1) is 0 Å². The normalized spacial score (nSPS) is 35.3. The van der Waals surface area contributed by atoms with Gasteiger partial charge in [-0.1, -0.05) is 46.8 Å². The maximum atomic E-state index is 4.20. The lowest BCUT2D eigenvalue weighted by Gasteiger charge is -2.28. The van der Waals surface area contributed by atoms with Gasteiger partial charge >= 0.3 is 0 Å². The van der Waals surface area contributed by atoms with Crippen LogP contribution in [-0.4, -0.2) is 0 Å². The second-order valence-corrected chi connectivity index (χ2v) is 5.81. The second-order valence-electron chi connectivity index (χ2n) is 5.81. The van der Waals surface area contributed by atoms with Crippen LogP contribution in [0.1, 0.15) is 47.5 Å². The van der Waals surface area contributed by atoms with Crippen LogP contribution in [0.2, 0.25) is 0 Å². The van der Waals surface area contributed by atoms with Gasteiger partial charge in [0.25, 0.3) is 0 Å². The third kappa shape index (κ3) is 2.40. The van der Waals surface area contributed by atoms with E-state index in [1.165, 1.54) is 18.4 Å². The van der Waals surface area contributed by atoms with Gasteiger partial charge < -0.3 is 0 Å². The molecule has 1 rings (SSSR count). The molecule has 1 aliphatic rings. The Kier molecular flexibility index (Phi) is 3.80. The summed E-state index contributed by atoms with van der Waals surface area (Å²) in [6.45, 7) is 16.0. The summed E-state index contributed by atoms with van der Waals surface area (Å²) in [7, 11) is 0. The van der Waals surface area contributed by atoms with Gasteiger partial charge in [-0.25, -0.2) is 0 Å². The highest BCUT2D eigenvalue weighted by molar-refractivity contribution is 5.10. The first-order valence-corrected chi connectivity index (χ1v) is 6.11. The molecule has 0 nitrogen and oxygen atoms in total. The van der Waals surface area contributed by atoms with Crippen molar-refractivity contribution in [1.29, 1.82) is 0 Å². The average molecular weight is 194 g/mol. The van der Waals surface area contributed by atoms with E-state index in [0.29, 0.717) is 0 Å². The highest BCUT2D eigenvalue weighted by atomic mass is 14.4. The van der Waals surface area contributed by atoms with Crippen molar-refractivity contribution in [2.45, 2.75) is 47.5 Å². The van der Waals surface area contributed by atoms with Crippen LogP contribution in [0.3, 0.4) is 0 Å². The fourth-order valence-corrected chi connectivity index (χ4v) is 3.45. The topological polar surface area (TPSA) is 0 Å². The van der Waals surface area contributed by atoms with Gasteiger partial charge in [-0.05, 0) is 42.4 Å². The van der Waals surface area contributed by atoms with Gasteiger partial charge in [-0.3, -0.25) is 0 Å². The molecule has 4 atom stereocenters. The molecule has 0 spiro atoms. The molecule has 0 radical (unpaired) electrons. The Balaban J connectivity index is 2.62. The SMILES string of the molecule is C=C1CC(C)C(C(C)CC(C)C)C1C. The van der Waals surface area contributed by atoms with Crippen LogP contribution in [0.5, 0.6) is 0 Å². The van der Waals surface area contributed by atoms with Gasteiger partial charge in [-0.2, -0.15) is 0 Å². The largest absolute Gasteiger partial charge is 0.0996 e. The van der Waals surface area contributed by atoms with E-state index in [1.54, 1.807) is 0 Å². The minimum absolute atomic E-state index is 0.749. The summed E-state index contributed by atoms with van der Waals surface area (Å²) in [6, 6.07) is 0. The molecule has 14 heavy (non-hydrogen) atoms. The Morgan fingerprint density at radius 2 is 1.86 bits per heavy atom. The van der Waals surface area contributed by atoms with Crippen molar-refractivity contribution in [2.75, 3.05) is 0 Å². The molecule has 0 saturated heterocycles. The zero-order valence-corrected chi connectivity index (χ0v) is 10.5. The van der Waals surface area contributed by atoms with Gasteiger partial charge in [-0.15, -0.1) is 0 Å². The zero-order chi connectivity index (χ0) is 10.9. The fourth-order valence-electron chi connectivity index (χ4n) is 3.45. The van der Waals surface area contributed by atoms with Crippen LogP contribution in [-0.2, 0) is 0 Å². The Morgan fingerprint density at radius 3 is 2.21 bits per heavy atom. The third-order valence-electron chi connectivity index (χ3n) is 3.96. The summed E-state index contributed by atoms with van der Waals surface area (Å²) in [5, 5.41) is 0. The minimum Gasteiger partial charge on any atom is -0.0996 e. The second kappa shape index (κ2) is 4.51.